The van der Waals surface area contributed by atoms with Crippen LogP contribution in [0.3, 0.4) is 0 Å². The topological polar surface area (TPSA) is 80.0 Å². The fraction of sp³-hybridized carbons (Fsp3) is 0.308. The van der Waals surface area contributed by atoms with Crippen molar-refractivity contribution < 1.29 is 9.90 Å². The van der Waals surface area contributed by atoms with Gasteiger partial charge in [0.1, 0.15) is 0 Å². The number of nitrogens with one attached hydrogen (secondary N) is 1. The van der Waals surface area contributed by atoms with Crippen molar-refractivity contribution in [1.82, 2.24) is 20.1 Å². The molecular formula is C13H14N4O2. The summed E-state index contributed by atoms with van der Waals surface area (Å²) in [6.07, 6.45) is 7.01. The van der Waals surface area contributed by atoms with E-state index in [1.54, 1.807) is 10.9 Å². The molecule has 2 N–H and O–H groups in total. The molecule has 19 heavy (non-hydrogen) atoms. The minimum absolute atomic E-state index is 0.259. The van der Waals surface area contributed by atoms with E-state index in [1.807, 2.05) is 24.5 Å². The lowest BCUT2D eigenvalue weighted by molar-refractivity contribution is 0.194. The highest BCUT2D eigenvalue weighted by Crippen LogP contribution is 2.39. The molecule has 2 aromatic rings. The Morgan fingerprint density at radius 1 is 1.42 bits per heavy atom. The van der Waals surface area contributed by atoms with Crippen LogP contribution in [-0.2, 0) is 6.54 Å². The van der Waals surface area contributed by atoms with Crippen LogP contribution < -0.4 is 5.32 Å². The molecule has 1 fully saturated rings. The Kier molecular flexibility index (Phi) is 2.91. The van der Waals surface area contributed by atoms with Crippen LogP contribution in [0.5, 0.6) is 0 Å². The van der Waals surface area contributed by atoms with Gasteiger partial charge in [0.15, 0.2) is 5.82 Å². The molecule has 0 unspecified atom stereocenters. The number of amides is 1. The average Bonchev–Trinajstić information content (AvgIpc) is 3.15. The van der Waals surface area contributed by atoms with Crippen LogP contribution in [-0.4, -0.2) is 26.0 Å². The molecule has 0 aromatic carbocycles. The zero-order chi connectivity index (χ0) is 13.2. The van der Waals surface area contributed by atoms with Crippen molar-refractivity contribution in [2.24, 2.45) is 0 Å². The van der Waals surface area contributed by atoms with Gasteiger partial charge in [-0.2, -0.15) is 5.10 Å². The summed E-state index contributed by atoms with van der Waals surface area (Å²) in [4.78, 5) is 14.7. The van der Waals surface area contributed by atoms with Gasteiger partial charge < -0.3 is 10.4 Å². The number of hydrogen-bond acceptors (Lipinski definition) is 3. The molecule has 6 heteroatoms. The van der Waals surface area contributed by atoms with E-state index in [1.165, 1.54) is 18.4 Å². The Bertz CT molecular complexity index is 587. The van der Waals surface area contributed by atoms with Crippen molar-refractivity contribution in [3.8, 4) is 5.82 Å². The molecule has 1 aliphatic rings. The molecule has 1 saturated carbocycles. The first-order valence-corrected chi connectivity index (χ1v) is 6.19. The average molecular weight is 258 g/mol. The second-order valence-electron chi connectivity index (χ2n) is 4.68. The number of aromatic nitrogens is 3. The molecule has 1 aliphatic carbocycles. The zero-order valence-corrected chi connectivity index (χ0v) is 10.3. The van der Waals surface area contributed by atoms with Crippen LogP contribution in [0.2, 0.25) is 0 Å². The lowest BCUT2D eigenvalue weighted by atomic mass is 10.2. The lowest BCUT2D eigenvalue weighted by Crippen LogP contribution is -2.20. The van der Waals surface area contributed by atoms with E-state index < -0.39 is 6.09 Å². The summed E-state index contributed by atoms with van der Waals surface area (Å²) in [7, 11) is 0. The molecule has 0 saturated heterocycles. The molecule has 0 spiro atoms. The van der Waals surface area contributed by atoms with Gasteiger partial charge >= 0.3 is 6.09 Å². The standard InChI is InChI=1S/C13H14N4O2/c18-13(19)15-6-9-1-4-12(14-5-9)17-8-11(7-16-17)10-2-3-10/h1,4-5,7-8,10,15H,2-3,6H2,(H,18,19). The van der Waals surface area contributed by atoms with Crippen molar-refractivity contribution in [3.05, 3.63) is 41.9 Å². The molecule has 0 aliphatic heterocycles. The molecule has 3 rings (SSSR count). The minimum atomic E-state index is -1.04. The second-order valence-corrected chi connectivity index (χ2v) is 4.68. The normalized spacial score (nSPS) is 14.3. The van der Waals surface area contributed by atoms with Crippen molar-refractivity contribution >= 4 is 6.09 Å². The molecular weight excluding hydrogens is 244 g/mol. The molecule has 98 valence electrons. The Morgan fingerprint density at radius 3 is 2.89 bits per heavy atom. The zero-order valence-electron chi connectivity index (χ0n) is 10.3. The summed E-state index contributed by atoms with van der Waals surface area (Å²) in [5.74, 6) is 1.42. The molecule has 0 bridgehead atoms. The Labute approximate surface area is 110 Å². The van der Waals surface area contributed by atoms with Gasteiger partial charge in [0, 0.05) is 18.9 Å². The van der Waals surface area contributed by atoms with E-state index >= 15 is 0 Å². The highest BCUT2D eigenvalue weighted by molar-refractivity contribution is 5.64. The minimum Gasteiger partial charge on any atom is -0.465 e. The SMILES string of the molecule is O=C(O)NCc1ccc(-n2cc(C3CC3)cn2)nc1. The van der Waals surface area contributed by atoms with E-state index in [9.17, 15) is 4.79 Å². The number of carboxylic acid groups (broad SMARTS) is 1. The van der Waals surface area contributed by atoms with Gasteiger partial charge in [-0.25, -0.2) is 14.5 Å². The molecule has 0 radical (unpaired) electrons. The Morgan fingerprint density at radius 2 is 2.26 bits per heavy atom. The predicted octanol–water partition coefficient (Wildman–Crippen LogP) is 1.91. The van der Waals surface area contributed by atoms with Crippen LogP contribution in [0.4, 0.5) is 4.79 Å². The quantitative estimate of drug-likeness (QED) is 0.877. The van der Waals surface area contributed by atoms with E-state index in [0.29, 0.717) is 5.92 Å². The summed E-state index contributed by atoms with van der Waals surface area (Å²) in [6.45, 7) is 0.259. The third-order valence-electron chi connectivity index (χ3n) is 3.14. The van der Waals surface area contributed by atoms with Crippen LogP contribution in [0.15, 0.2) is 30.7 Å². The number of rotatable bonds is 4. The summed E-state index contributed by atoms with van der Waals surface area (Å²) in [6, 6.07) is 3.68. The lowest BCUT2D eigenvalue weighted by Gasteiger charge is -2.03. The van der Waals surface area contributed by atoms with Crippen LogP contribution >= 0.6 is 0 Å². The molecule has 0 atom stereocenters. The van der Waals surface area contributed by atoms with Crippen molar-refractivity contribution in [3.63, 3.8) is 0 Å². The van der Waals surface area contributed by atoms with Crippen molar-refractivity contribution in [2.45, 2.75) is 25.3 Å². The largest absolute Gasteiger partial charge is 0.465 e. The van der Waals surface area contributed by atoms with Gasteiger partial charge in [-0.3, -0.25) is 0 Å². The molecule has 1 amide bonds. The molecule has 6 nitrogen and oxygen atoms in total. The Balaban J connectivity index is 1.71. The smallest absolute Gasteiger partial charge is 0.404 e. The van der Waals surface area contributed by atoms with Gasteiger partial charge in [-0.05, 0) is 36.0 Å². The van der Waals surface area contributed by atoms with E-state index in [-0.39, 0.29) is 6.54 Å². The number of nitrogens with zero attached hydrogens (tertiary/aromatic N) is 3. The maximum absolute atomic E-state index is 10.4. The van der Waals surface area contributed by atoms with E-state index in [4.69, 9.17) is 5.11 Å². The number of hydrogen-bond donors (Lipinski definition) is 2. The third kappa shape index (κ3) is 2.73. The summed E-state index contributed by atoms with van der Waals surface area (Å²) >= 11 is 0. The second kappa shape index (κ2) is 4.72. The van der Waals surface area contributed by atoms with Gasteiger partial charge in [0.2, 0.25) is 0 Å². The molecule has 2 aromatic heterocycles. The summed E-state index contributed by atoms with van der Waals surface area (Å²) in [5, 5.41) is 15.1. The van der Waals surface area contributed by atoms with E-state index in [0.717, 1.165) is 11.4 Å². The first-order chi connectivity index (χ1) is 9.22. The monoisotopic (exact) mass is 258 g/mol. The predicted molar refractivity (Wildman–Crippen MR) is 68.2 cm³/mol. The highest BCUT2D eigenvalue weighted by atomic mass is 16.4. The van der Waals surface area contributed by atoms with Crippen LogP contribution in [0, 0.1) is 0 Å². The number of carbonyl (C=O) groups is 1. The van der Waals surface area contributed by atoms with Crippen LogP contribution in [0.25, 0.3) is 5.82 Å². The third-order valence-corrected chi connectivity index (χ3v) is 3.14. The van der Waals surface area contributed by atoms with Crippen molar-refractivity contribution in [1.29, 1.82) is 0 Å². The molecule has 2 heterocycles. The fourth-order valence-corrected chi connectivity index (χ4v) is 1.92. The summed E-state index contributed by atoms with van der Waals surface area (Å²) in [5.41, 5.74) is 2.08. The maximum Gasteiger partial charge on any atom is 0.404 e. The number of pyridine rings is 1. The first kappa shape index (κ1) is 11.7. The van der Waals surface area contributed by atoms with Gasteiger partial charge in [0.25, 0.3) is 0 Å². The van der Waals surface area contributed by atoms with E-state index in [2.05, 4.69) is 15.4 Å². The maximum atomic E-state index is 10.4. The van der Waals surface area contributed by atoms with Gasteiger partial charge in [-0.1, -0.05) is 6.07 Å². The first-order valence-electron chi connectivity index (χ1n) is 6.19. The van der Waals surface area contributed by atoms with Crippen molar-refractivity contribution in [2.75, 3.05) is 0 Å². The Hall–Kier alpha value is -2.37. The highest BCUT2D eigenvalue weighted by Gasteiger charge is 2.24. The van der Waals surface area contributed by atoms with Gasteiger partial charge in [-0.15, -0.1) is 0 Å². The van der Waals surface area contributed by atoms with Gasteiger partial charge in [0.05, 0.1) is 6.20 Å². The van der Waals surface area contributed by atoms with Crippen LogP contribution in [0.1, 0.15) is 29.9 Å². The fourth-order valence-electron chi connectivity index (χ4n) is 1.92. The summed E-state index contributed by atoms with van der Waals surface area (Å²) < 4.78 is 1.75.